The highest BCUT2D eigenvalue weighted by atomic mass is 19.1. The molecule has 0 saturated carbocycles. The summed E-state index contributed by atoms with van der Waals surface area (Å²) in [4.78, 5) is 33.9. The molecule has 0 aromatic heterocycles. The molecule has 2 aromatic carbocycles. The summed E-state index contributed by atoms with van der Waals surface area (Å²) in [5.74, 6) is -2.46. The molecular weight excluding hydrogens is 327 g/mol. The van der Waals surface area contributed by atoms with Crippen LogP contribution in [0.2, 0.25) is 0 Å². The van der Waals surface area contributed by atoms with Crippen molar-refractivity contribution >= 4 is 29.5 Å². The molecule has 3 N–H and O–H groups in total. The lowest BCUT2D eigenvalue weighted by Crippen LogP contribution is -2.29. The van der Waals surface area contributed by atoms with Gasteiger partial charge in [0.15, 0.2) is 0 Å². The quantitative estimate of drug-likeness (QED) is 0.702. The van der Waals surface area contributed by atoms with Gasteiger partial charge in [0.25, 0.3) is 5.91 Å². The maximum Gasteiger partial charge on any atom is 0.322 e. The van der Waals surface area contributed by atoms with Gasteiger partial charge in [-0.15, -0.1) is 0 Å². The number of carbonyl (C=O) groups is 3. The lowest BCUT2D eigenvalue weighted by Gasteiger charge is -2.05. The zero-order valence-corrected chi connectivity index (χ0v) is 13.0. The van der Waals surface area contributed by atoms with Crippen LogP contribution >= 0.6 is 0 Å². The van der Waals surface area contributed by atoms with E-state index in [1.807, 2.05) is 0 Å². The molecule has 2 rings (SSSR count). The Labute approximate surface area is 143 Å². The number of aliphatic carboxylic acids is 1. The SMILES string of the molecule is O=C(O)CNC(=O)c1ccc(NC(=O)/C=C/c2cccc(F)c2)cc1. The van der Waals surface area contributed by atoms with Gasteiger partial charge in [-0.1, -0.05) is 12.1 Å². The molecule has 2 amide bonds. The van der Waals surface area contributed by atoms with Crippen LogP contribution in [0.5, 0.6) is 0 Å². The van der Waals surface area contributed by atoms with Crippen LogP contribution in [0.3, 0.4) is 0 Å². The third kappa shape index (κ3) is 5.91. The van der Waals surface area contributed by atoms with Gasteiger partial charge in [-0.25, -0.2) is 4.39 Å². The van der Waals surface area contributed by atoms with E-state index in [-0.39, 0.29) is 11.4 Å². The summed E-state index contributed by atoms with van der Waals surface area (Å²) in [5, 5.41) is 13.3. The number of hydrogen-bond donors (Lipinski definition) is 3. The molecule has 6 nitrogen and oxygen atoms in total. The molecule has 0 saturated heterocycles. The van der Waals surface area contributed by atoms with Gasteiger partial charge < -0.3 is 15.7 Å². The number of amides is 2. The Kier molecular flexibility index (Phi) is 6.00. The van der Waals surface area contributed by atoms with E-state index in [1.165, 1.54) is 48.6 Å². The van der Waals surface area contributed by atoms with E-state index in [0.29, 0.717) is 11.3 Å². The maximum atomic E-state index is 13.0. The van der Waals surface area contributed by atoms with Crippen LogP contribution < -0.4 is 10.6 Å². The number of rotatable bonds is 6. The Hall–Kier alpha value is -3.48. The van der Waals surface area contributed by atoms with Crippen LogP contribution in [0.4, 0.5) is 10.1 Å². The summed E-state index contributed by atoms with van der Waals surface area (Å²) < 4.78 is 13.0. The van der Waals surface area contributed by atoms with Gasteiger partial charge in [0.05, 0.1) is 0 Å². The fourth-order valence-corrected chi connectivity index (χ4v) is 1.93. The van der Waals surface area contributed by atoms with E-state index in [4.69, 9.17) is 5.11 Å². The summed E-state index contributed by atoms with van der Waals surface area (Å²) in [7, 11) is 0. The van der Waals surface area contributed by atoms with E-state index in [1.54, 1.807) is 12.1 Å². The van der Waals surface area contributed by atoms with Crippen molar-refractivity contribution in [2.24, 2.45) is 0 Å². The lowest BCUT2D eigenvalue weighted by molar-refractivity contribution is -0.135. The number of carboxylic acid groups (broad SMARTS) is 1. The van der Waals surface area contributed by atoms with Crippen molar-refractivity contribution in [3.05, 3.63) is 71.6 Å². The minimum Gasteiger partial charge on any atom is -0.480 e. The third-order valence-corrected chi connectivity index (χ3v) is 3.09. The van der Waals surface area contributed by atoms with Crippen molar-refractivity contribution in [1.29, 1.82) is 0 Å². The average molecular weight is 342 g/mol. The first-order chi connectivity index (χ1) is 11.9. The fraction of sp³-hybridized carbons (Fsp3) is 0.0556. The number of anilines is 1. The molecule has 0 atom stereocenters. The summed E-state index contributed by atoms with van der Waals surface area (Å²) in [5.41, 5.74) is 1.29. The Balaban J connectivity index is 1.93. The zero-order chi connectivity index (χ0) is 18.2. The Morgan fingerprint density at radius 2 is 1.80 bits per heavy atom. The van der Waals surface area contributed by atoms with Crippen molar-refractivity contribution in [1.82, 2.24) is 5.32 Å². The monoisotopic (exact) mass is 342 g/mol. The molecule has 7 heteroatoms. The van der Waals surface area contributed by atoms with Gasteiger partial charge in [0, 0.05) is 17.3 Å². The van der Waals surface area contributed by atoms with E-state index in [9.17, 15) is 18.8 Å². The summed E-state index contributed by atoms with van der Waals surface area (Å²) in [6.07, 6.45) is 2.74. The molecule has 0 aliphatic carbocycles. The topological polar surface area (TPSA) is 95.5 Å². The van der Waals surface area contributed by atoms with Crippen LogP contribution in [0.15, 0.2) is 54.6 Å². The van der Waals surface area contributed by atoms with Crippen molar-refractivity contribution < 1.29 is 23.9 Å². The summed E-state index contributed by atoms with van der Waals surface area (Å²) in [6, 6.07) is 11.8. The van der Waals surface area contributed by atoms with E-state index < -0.39 is 24.3 Å². The molecule has 25 heavy (non-hydrogen) atoms. The minimum absolute atomic E-state index is 0.273. The number of benzene rings is 2. The van der Waals surface area contributed by atoms with Crippen molar-refractivity contribution in [3.8, 4) is 0 Å². The molecule has 0 unspecified atom stereocenters. The van der Waals surface area contributed by atoms with Crippen LogP contribution in [-0.4, -0.2) is 29.4 Å². The maximum absolute atomic E-state index is 13.0. The molecular formula is C18H15FN2O4. The number of carboxylic acids is 1. The number of nitrogens with one attached hydrogen (secondary N) is 2. The highest BCUT2D eigenvalue weighted by Gasteiger charge is 2.07. The Bertz CT molecular complexity index is 816. The predicted octanol–water partition coefficient (Wildman–Crippen LogP) is 2.29. The van der Waals surface area contributed by atoms with E-state index >= 15 is 0 Å². The normalized spacial score (nSPS) is 10.4. The van der Waals surface area contributed by atoms with Crippen molar-refractivity contribution in [2.45, 2.75) is 0 Å². The van der Waals surface area contributed by atoms with Gasteiger partial charge in [-0.2, -0.15) is 0 Å². The Morgan fingerprint density at radius 3 is 2.44 bits per heavy atom. The second kappa shape index (κ2) is 8.39. The molecule has 0 aliphatic heterocycles. The molecule has 0 aliphatic rings. The zero-order valence-electron chi connectivity index (χ0n) is 13.0. The van der Waals surface area contributed by atoms with Crippen molar-refractivity contribution in [3.63, 3.8) is 0 Å². The molecule has 2 aromatic rings. The summed E-state index contributed by atoms with van der Waals surface area (Å²) in [6.45, 7) is -0.470. The van der Waals surface area contributed by atoms with Gasteiger partial charge in [0.1, 0.15) is 12.4 Å². The largest absolute Gasteiger partial charge is 0.480 e. The standard InChI is InChI=1S/C18H15FN2O4/c19-14-3-1-2-12(10-14)4-9-16(22)21-15-7-5-13(6-8-15)18(25)20-11-17(23)24/h1-10H,11H2,(H,20,25)(H,21,22)(H,23,24)/b9-4+. The van der Waals surface area contributed by atoms with Crippen molar-refractivity contribution in [2.75, 3.05) is 11.9 Å². The molecule has 0 spiro atoms. The number of halogens is 1. The molecule has 0 radical (unpaired) electrons. The predicted molar refractivity (Wildman–Crippen MR) is 90.5 cm³/mol. The average Bonchev–Trinajstić information content (AvgIpc) is 2.58. The first-order valence-electron chi connectivity index (χ1n) is 7.29. The fourth-order valence-electron chi connectivity index (χ4n) is 1.93. The second-order valence-electron chi connectivity index (χ2n) is 5.03. The minimum atomic E-state index is -1.14. The molecule has 128 valence electrons. The van der Waals surface area contributed by atoms with Gasteiger partial charge in [-0.05, 0) is 48.0 Å². The van der Waals surface area contributed by atoms with E-state index in [0.717, 1.165) is 0 Å². The Morgan fingerprint density at radius 1 is 1.08 bits per heavy atom. The van der Waals surface area contributed by atoms with Gasteiger partial charge in [-0.3, -0.25) is 14.4 Å². The second-order valence-corrected chi connectivity index (χ2v) is 5.03. The van der Waals surface area contributed by atoms with E-state index in [2.05, 4.69) is 10.6 Å². The van der Waals surface area contributed by atoms with Crippen LogP contribution in [0, 0.1) is 5.82 Å². The lowest BCUT2D eigenvalue weighted by atomic mass is 10.2. The smallest absolute Gasteiger partial charge is 0.322 e. The molecule has 0 heterocycles. The van der Waals surface area contributed by atoms with Gasteiger partial charge in [0.2, 0.25) is 5.91 Å². The first-order valence-corrected chi connectivity index (χ1v) is 7.29. The first kappa shape index (κ1) is 17.9. The molecule has 0 bridgehead atoms. The number of hydrogen-bond acceptors (Lipinski definition) is 3. The highest BCUT2D eigenvalue weighted by molar-refractivity contribution is 6.02. The highest BCUT2D eigenvalue weighted by Crippen LogP contribution is 2.10. The van der Waals surface area contributed by atoms with Gasteiger partial charge >= 0.3 is 5.97 Å². The van der Waals surface area contributed by atoms with Crippen LogP contribution in [0.1, 0.15) is 15.9 Å². The number of carbonyl (C=O) groups excluding carboxylic acids is 2. The molecule has 0 fully saturated rings. The third-order valence-electron chi connectivity index (χ3n) is 3.09. The summed E-state index contributed by atoms with van der Waals surface area (Å²) >= 11 is 0. The van der Waals surface area contributed by atoms with Crippen LogP contribution in [0.25, 0.3) is 6.08 Å². The van der Waals surface area contributed by atoms with Crippen LogP contribution in [-0.2, 0) is 9.59 Å².